The van der Waals surface area contributed by atoms with Crippen LogP contribution in [0.4, 0.5) is 0 Å². The summed E-state index contributed by atoms with van der Waals surface area (Å²) in [6.45, 7) is 1.93. The van der Waals surface area contributed by atoms with Gasteiger partial charge in [-0.05, 0) is 38.0 Å². The van der Waals surface area contributed by atoms with Crippen LogP contribution in [0.3, 0.4) is 0 Å². The molecule has 4 nitrogen and oxygen atoms in total. The maximum atomic E-state index is 9.07. The first-order chi connectivity index (χ1) is 9.63. The summed E-state index contributed by atoms with van der Waals surface area (Å²) >= 11 is 6.27. The zero-order valence-corrected chi connectivity index (χ0v) is 12.3. The molecule has 0 saturated heterocycles. The van der Waals surface area contributed by atoms with Crippen LogP contribution in [0, 0.1) is 11.3 Å². The monoisotopic (exact) mass is 289 g/mol. The highest BCUT2D eigenvalue weighted by atomic mass is 35.5. The first-order valence-corrected chi connectivity index (χ1v) is 7.16. The third-order valence-corrected chi connectivity index (χ3v) is 4.17. The lowest BCUT2D eigenvalue weighted by Gasteiger charge is -2.36. The van der Waals surface area contributed by atoms with Crippen molar-refractivity contribution in [3.05, 3.63) is 29.6 Å². The van der Waals surface area contributed by atoms with Gasteiger partial charge in [0.25, 0.3) is 0 Å². The molecule has 0 bridgehead atoms. The van der Waals surface area contributed by atoms with Crippen LogP contribution >= 0.6 is 11.6 Å². The number of aromatic nitrogens is 2. The summed E-state index contributed by atoms with van der Waals surface area (Å²) < 4.78 is 7.54. The number of imidazole rings is 1. The Morgan fingerprint density at radius 3 is 2.85 bits per heavy atom. The van der Waals surface area contributed by atoms with Gasteiger partial charge in [-0.1, -0.05) is 0 Å². The number of hydrogen-bond acceptors (Lipinski definition) is 3. The molecule has 1 atom stereocenters. The number of alkyl halides is 1. The zero-order valence-electron chi connectivity index (χ0n) is 11.5. The largest absolute Gasteiger partial charge is 0.381 e. The van der Waals surface area contributed by atoms with Crippen molar-refractivity contribution in [3.63, 3.8) is 0 Å². The van der Waals surface area contributed by atoms with E-state index >= 15 is 0 Å². The number of fused-ring (bicyclic) bond motifs is 1. The fraction of sp³-hybridized carbons (Fsp3) is 0.467. The lowest BCUT2D eigenvalue weighted by molar-refractivity contribution is 0.00658. The molecule has 1 aliphatic carbocycles. The third kappa shape index (κ3) is 2.07. The normalized spacial score (nSPS) is 23.3. The van der Waals surface area contributed by atoms with Gasteiger partial charge in [-0.15, -0.1) is 11.6 Å². The second-order valence-corrected chi connectivity index (χ2v) is 5.91. The Kier molecular flexibility index (Phi) is 3.41. The summed E-state index contributed by atoms with van der Waals surface area (Å²) in [4.78, 5) is 4.62. The smallest absolute Gasteiger partial charge is 0.127 e. The van der Waals surface area contributed by atoms with E-state index in [0.717, 1.165) is 29.7 Å². The van der Waals surface area contributed by atoms with Gasteiger partial charge in [0.2, 0.25) is 0 Å². The van der Waals surface area contributed by atoms with Crippen LogP contribution in [0.2, 0.25) is 0 Å². The Bertz CT molecular complexity index is 680. The summed E-state index contributed by atoms with van der Waals surface area (Å²) in [5.74, 6) is 0.872. The van der Waals surface area contributed by atoms with Crippen molar-refractivity contribution in [1.82, 2.24) is 9.55 Å². The molecule has 1 fully saturated rings. The Balaban J connectivity index is 2.11. The van der Waals surface area contributed by atoms with Gasteiger partial charge in [0, 0.05) is 13.2 Å². The Morgan fingerprint density at radius 1 is 1.50 bits per heavy atom. The molecule has 0 radical (unpaired) electrons. The van der Waals surface area contributed by atoms with Gasteiger partial charge >= 0.3 is 0 Å². The molecule has 1 unspecified atom stereocenters. The maximum Gasteiger partial charge on any atom is 0.127 e. The van der Waals surface area contributed by atoms with E-state index in [0.29, 0.717) is 17.7 Å². The molecule has 104 valence electrons. The lowest BCUT2D eigenvalue weighted by Crippen LogP contribution is -2.33. The van der Waals surface area contributed by atoms with Gasteiger partial charge in [-0.25, -0.2) is 4.98 Å². The Labute approximate surface area is 122 Å². The molecular weight excluding hydrogens is 274 g/mol. The highest BCUT2D eigenvalue weighted by Crippen LogP contribution is 2.39. The number of benzene rings is 1. The Morgan fingerprint density at radius 2 is 2.25 bits per heavy atom. The van der Waals surface area contributed by atoms with Crippen molar-refractivity contribution >= 4 is 22.6 Å². The van der Waals surface area contributed by atoms with Gasteiger partial charge in [0.05, 0.1) is 34.1 Å². The number of nitriles is 1. The summed E-state index contributed by atoms with van der Waals surface area (Å²) in [5.41, 5.74) is 2.54. The van der Waals surface area contributed by atoms with E-state index in [4.69, 9.17) is 21.6 Å². The van der Waals surface area contributed by atoms with Gasteiger partial charge in [-0.3, -0.25) is 0 Å². The van der Waals surface area contributed by atoms with Crippen molar-refractivity contribution in [3.8, 4) is 6.07 Å². The van der Waals surface area contributed by atoms with Gasteiger partial charge in [-0.2, -0.15) is 5.26 Å². The molecule has 20 heavy (non-hydrogen) atoms. The predicted octanol–water partition coefficient (Wildman–Crippen LogP) is 3.56. The molecule has 5 heteroatoms. The zero-order chi connectivity index (χ0) is 14.3. The SMILES string of the molecule is COC1CC(n2c(C(C)Cl)nc3ccc(C#N)cc32)C1. The van der Waals surface area contributed by atoms with E-state index in [1.165, 1.54) is 0 Å². The second kappa shape index (κ2) is 5.08. The quantitative estimate of drug-likeness (QED) is 0.812. The fourth-order valence-corrected chi connectivity index (χ4v) is 2.94. The molecule has 0 N–H and O–H groups in total. The van der Waals surface area contributed by atoms with Crippen LogP contribution in [0.25, 0.3) is 11.0 Å². The number of halogens is 1. The van der Waals surface area contributed by atoms with E-state index in [2.05, 4.69) is 15.6 Å². The summed E-state index contributed by atoms with van der Waals surface area (Å²) in [6, 6.07) is 8.11. The molecule has 1 aliphatic rings. The number of nitrogens with zero attached hydrogens (tertiary/aromatic N) is 3. The number of ether oxygens (including phenoxy) is 1. The van der Waals surface area contributed by atoms with Crippen molar-refractivity contribution in [1.29, 1.82) is 5.26 Å². The predicted molar refractivity (Wildman–Crippen MR) is 77.8 cm³/mol. The van der Waals surface area contributed by atoms with Crippen LogP contribution in [-0.4, -0.2) is 22.8 Å². The standard InChI is InChI=1S/C15H16ClN3O/c1-9(16)15-18-13-4-3-10(8-17)5-14(13)19(15)11-6-12(7-11)20-2/h3-5,9,11-12H,6-7H2,1-2H3. The second-order valence-electron chi connectivity index (χ2n) is 5.25. The Hall–Kier alpha value is -1.57. The highest BCUT2D eigenvalue weighted by Gasteiger charge is 2.33. The van der Waals surface area contributed by atoms with Crippen LogP contribution < -0.4 is 0 Å². The van der Waals surface area contributed by atoms with Crippen LogP contribution in [0.5, 0.6) is 0 Å². The molecule has 1 aromatic heterocycles. The minimum atomic E-state index is -0.158. The van der Waals surface area contributed by atoms with E-state index in [1.807, 2.05) is 19.1 Å². The number of rotatable bonds is 3. The van der Waals surface area contributed by atoms with Crippen molar-refractivity contribution < 1.29 is 4.74 Å². The summed E-state index contributed by atoms with van der Waals surface area (Å²) in [5, 5.41) is 8.91. The van der Waals surface area contributed by atoms with E-state index < -0.39 is 0 Å². The minimum Gasteiger partial charge on any atom is -0.381 e. The molecular formula is C15H16ClN3O. The molecule has 1 heterocycles. The summed E-state index contributed by atoms with van der Waals surface area (Å²) in [7, 11) is 1.74. The average molecular weight is 290 g/mol. The van der Waals surface area contributed by atoms with Gasteiger partial charge in [0.1, 0.15) is 5.82 Å². The first-order valence-electron chi connectivity index (χ1n) is 6.73. The number of methoxy groups -OCH3 is 1. The summed E-state index contributed by atoms with van der Waals surface area (Å²) in [6.07, 6.45) is 2.25. The third-order valence-electron chi connectivity index (χ3n) is 3.97. The molecule has 1 saturated carbocycles. The average Bonchev–Trinajstić information content (AvgIpc) is 2.76. The topological polar surface area (TPSA) is 50.8 Å². The van der Waals surface area contributed by atoms with Crippen molar-refractivity contribution in [2.45, 2.75) is 37.3 Å². The fourth-order valence-electron chi connectivity index (χ4n) is 2.79. The molecule has 2 aromatic rings. The van der Waals surface area contributed by atoms with E-state index in [9.17, 15) is 0 Å². The van der Waals surface area contributed by atoms with Gasteiger partial charge < -0.3 is 9.30 Å². The lowest BCUT2D eigenvalue weighted by atomic mass is 9.88. The molecule has 3 rings (SSSR count). The van der Waals surface area contributed by atoms with Crippen LogP contribution in [-0.2, 0) is 4.74 Å². The van der Waals surface area contributed by atoms with Crippen molar-refractivity contribution in [2.75, 3.05) is 7.11 Å². The van der Waals surface area contributed by atoms with Crippen LogP contribution in [0.15, 0.2) is 18.2 Å². The van der Waals surface area contributed by atoms with Crippen molar-refractivity contribution in [2.24, 2.45) is 0 Å². The minimum absolute atomic E-state index is 0.158. The molecule has 0 amide bonds. The first kappa shape index (κ1) is 13.4. The highest BCUT2D eigenvalue weighted by molar-refractivity contribution is 6.20. The maximum absolute atomic E-state index is 9.07. The van der Waals surface area contributed by atoms with Crippen LogP contribution in [0.1, 0.15) is 42.6 Å². The molecule has 0 aliphatic heterocycles. The van der Waals surface area contributed by atoms with E-state index in [-0.39, 0.29) is 5.38 Å². The number of hydrogen-bond donors (Lipinski definition) is 0. The van der Waals surface area contributed by atoms with Gasteiger partial charge in [0.15, 0.2) is 0 Å². The molecule has 0 spiro atoms. The molecule has 1 aromatic carbocycles. The van der Waals surface area contributed by atoms with E-state index in [1.54, 1.807) is 13.2 Å².